The van der Waals surface area contributed by atoms with Crippen LogP contribution in [0.1, 0.15) is 20.8 Å². The lowest BCUT2D eigenvalue weighted by Crippen LogP contribution is -2.27. The molecular weight excluding hydrogens is 284 g/mol. The van der Waals surface area contributed by atoms with Crippen LogP contribution in [0.2, 0.25) is 0 Å². The molecule has 0 aliphatic rings. The number of carbonyl (C=O) groups is 1. The number of hydrogen-bond donors (Lipinski definition) is 0. The number of fused-ring (bicyclic) bond motifs is 1. The predicted octanol–water partition coefficient (Wildman–Crippen LogP) is 3.58. The van der Waals surface area contributed by atoms with Crippen molar-refractivity contribution in [3.05, 3.63) is 28.9 Å². The average Bonchev–Trinajstić information content (AvgIpc) is 2.60. The zero-order chi connectivity index (χ0) is 12.6. The van der Waals surface area contributed by atoms with E-state index < -0.39 is 11.7 Å². The van der Waals surface area contributed by atoms with Crippen LogP contribution in [0.3, 0.4) is 0 Å². The van der Waals surface area contributed by atoms with Crippen LogP contribution in [0.5, 0.6) is 0 Å². The van der Waals surface area contributed by atoms with Crippen LogP contribution in [0, 0.1) is 0 Å². The summed E-state index contributed by atoms with van der Waals surface area (Å²) in [6.45, 7) is 5.47. The van der Waals surface area contributed by atoms with Gasteiger partial charge in [-0.05, 0) is 32.9 Å². The minimum absolute atomic E-state index is 0.472. The molecule has 0 spiro atoms. The first kappa shape index (κ1) is 12.1. The predicted molar refractivity (Wildman–Crippen MR) is 69.1 cm³/mol. The average molecular weight is 297 g/mol. The van der Waals surface area contributed by atoms with Gasteiger partial charge >= 0.3 is 6.09 Å². The third-order valence-corrected chi connectivity index (χ3v) is 2.77. The van der Waals surface area contributed by atoms with E-state index in [1.807, 2.05) is 39.0 Å². The topological polar surface area (TPSA) is 44.1 Å². The maximum atomic E-state index is 11.8. The first-order valence-corrected chi connectivity index (χ1v) is 6.03. The summed E-state index contributed by atoms with van der Waals surface area (Å²) < 4.78 is 7.37. The Kier molecular flexibility index (Phi) is 2.95. The number of rotatable bonds is 0. The fraction of sp³-hybridized carbons (Fsp3) is 0.333. The van der Waals surface area contributed by atoms with Gasteiger partial charge in [-0.2, -0.15) is 9.78 Å². The number of halogens is 1. The number of benzene rings is 1. The molecule has 0 N–H and O–H groups in total. The molecule has 0 saturated carbocycles. The van der Waals surface area contributed by atoms with Crippen LogP contribution in [0.15, 0.2) is 28.9 Å². The Balaban J connectivity index is 2.37. The molecule has 2 rings (SSSR count). The second kappa shape index (κ2) is 4.14. The highest BCUT2D eigenvalue weighted by Gasteiger charge is 2.19. The molecule has 0 bridgehead atoms. The van der Waals surface area contributed by atoms with E-state index in [4.69, 9.17) is 4.74 Å². The fourth-order valence-electron chi connectivity index (χ4n) is 1.41. The second-order valence-corrected chi connectivity index (χ2v) is 5.58. The van der Waals surface area contributed by atoms with E-state index in [1.165, 1.54) is 4.68 Å². The van der Waals surface area contributed by atoms with Gasteiger partial charge in [-0.3, -0.25) is 0 Å². The van der Waals surface area contributed by atoms with E-state index in [0.717, 1.165) is 15.4 Å². The van der Waals surface area contributed by atoms with Gasteiger partial charge in [0.1, 0.15) is 5.60 Å². The van der Waals surface area contributed by atoms with Gasteiger partial charge in [0.25, 0.3) is 0 Å². The maximum Gasteiger partial charge on any atom is 0.435 e. The smallest absolute Gasteiger partial charge is 0.435 e. The Morgan fingerprint density at radius 3 is 2.71 bits per heavy atom. The molecule has 0 atom stereocenters. The number of hydrogen-bond acceptors (Lipinski definition) is 3. The van der Waals surface area contributed by atoms with Gasteiger partial charge < -0.3 is 4.74 Å². The van der Waals surface area contributed by atoms with Crippen LogP contribution in [0.25, 0.3) is 10.9 Å². The van der Waals surface area contributed by atoms with E-state index in [-0.39, 0.29) is 0 Å². The Hall–Kier alpha value is -1.36. The normalized spacial score (nSPS) is 11.8. The lowest BCUT2D eigenvalue weighted by Gasteiger charge is -2.18. The number of nitrogens with zero attached hydrogens (tertiary/aromatic N) is 2. The van der Waals surface area contributed by atoms with Crippen molar-refractivity contribution in [2.24, 2.45) is 0 Å². The molecule has 0 fully saturated rings. The van der Waals surface area contributed by atoms with Gasteiger partial charge in [0.05, 0.1) is 5.52 Å². The summed E-state index contributed by atoms with van der Waals surface area (Å²) in [5.74, 6) is 0. The van der Waals surface area contributed by atoms with E-state index >= 15 is 0 Å². The quantitative estimate of drug-likeness (QED) is 0.746. The van der Waals surface area contributed by atoms with Gasteiger partial charge in [-0.15, -0.1) is 0 Å². The van der Waals surface area contributed by atoms with Crippen LogP contribution in [0.4, 0.5) is 4.79 Å². The molecular formula is C12H13BrN2O2. The van der Waals surface area contributed by atoms with Crippen molar-refractivity contribution in [3.8, 4) is 0 Å². The largest absolute Gasteiger partial charge is 0.442 e. The highest BCUT2D eigenvalue weighted by Crippen LogP contribution is 2.22. The SMILES string of the molecule is CC(C)(C)OC(=O)n1cc2c(Br)cccc2n1. The molecule has 2 aromatic rings. The lowest BCUT2D eigenvalue weighted by molar-refractivity contribution is 0.0516. The van der Waals surface area contributed by atoms with E-state index in [1.54, 1.807) is 6.20 Å². The first-order valence-electron chi connectivity index (χ1n) is 5.24. The molecule has 17 heavy (non-hydrogen) atoms. The number of ether oxygens (including phenoxy) is 1. The summed E-state index contributed by atoms with van der Waals surface area (Å²) >= 11 is 3.42. The lowest BCUT2D eigenvalue weighted by atomic mass is 10.2. The monoisotopic (exact) mass is 296 g/mol. The summed E-state index contributed by atoms with van der Waals surface area (Å²) in [7, 11) is 0. The van der Waals surface area contributed by atoms with Gasteiger partial charge in [0.2, 0.25) is 0 Å². The third kappa shape index (κ3) is 2.66. The minimum atomic E-state index is -0.521. The molecule has 1 aromatic heterocycles. The second-order valence-electron chi connectivity index (χ2n) is 4.73. The fourth-order valence-corrected chi connectivity index (χ4v) is 1.87. The molecule has 0 saturated heterocycles. The van der Waals surface area contributed by atoms with Gasteiger partial charge in [-0.1, -0.05) is 22.0 Å². The molecule has 0 aliphatic heterocycles. The highest BCUT2D eigenvalue weighted by atomic mass is 79.9. The molecule has 0 aliphatic carbocycles. The molecule has 0 unspecified atom stereocenters. The molecule has 1 aromatic carbocycles. The Labute approximate surface area is 108 Å². The van der Waals surface area contributed by atoms with Crippen LogP contribution in [-0.2, 0) is 4.74 Å². The summed E-state index contributed by atoms with van der Waals surface area (Å²) in [6.07, 6.45) is 1.19. The molecule has 1 heterocycles. The minimum Gasteiger partial charge on any atom is -0.442 e. The Morgan fingerprint density at radius 1 is 1.41 bits per heavy atom. The van der Waals surface area contributed by atoms with Crippen molar-refractivity contribution in [1.82, 2.24) is 9.78 Å². The third-order valence-electron chi connectivity index (χ3n) is 2.08. The number of carbonyl (C=O) groups excluding carboxylic acids is 1. The van der Waals surface area contributed by atoms with Crippen LogP contribution in [-0.4, -0.2) is 21.5 Å². The Morgan fingerprint density at radius 2 is 2.12 bits per heavy atom. The standard InChI is InChI=1S/C12H13BrN2O2/c1-12(2,3)17-11(16)15-7-8-9(13)5-4-6-10(8)14-15/h4-7H,1-3H3. The zero-order valence-electron chi connectivity index (χ0n) is 9.90. The Bertz CT molecular complexity index is 569. The van der Waals surface area contributed by atoms with E-state index in [0.29, 0.717) is 0 Å². The van der Waals surface area contributed by atoms with Crippen molar-refractivity contribution in [2.45, 2.75) is 26.4 Å². The molecule has 90 valence electrons. The first-order chi connectivity index (χ1) is 7.87. The summed E-state index contributed by atoms with van der Waals surface area (Å²) in [6, 6.07) is 5.63. The molecule has 4 nitrogen and oxygen atoms in total. The van der Waals surface area contributed by atoms with Crippen molar-refractivity contribution in [1.29, 1.82) is 0 Å². The summed E-state index contributed by atoms with van der Waals surface area (Å²) in [4.78, 5) is 11.8. The molecule has 0 radical (unpaired) electrons. The van der Waals surface area contributed by atoms with Crippen LogP contribution < -0.4 is 0 Å². The van der Waals surface area contributed by atoms with Crippen LogP contribution >= 0.6 is 15.9 Å². The van der Waals surface area contributed by atoms with Gasteiger partial charge in [-0.25, -0.2) is 4.79 Å². The van der Waals surface area contributed by atoms with E-state index in [2.05, 4.69) is 21.0 Å². The molecule has 5 heteroatoms. The number of aromatic nitrogens is 2. The van der Waals surface area contributed by atoms with E-state index in [9.17, 15) is 4.79 Å². The van der Waals surface area contributed by atoms with Gasteiger partial charge in [0.15, 0.2) is 0 Å². The molecule has 0 amide bonds. The maximum absolute atomic E-state index is 11.8. The highest BCUT2D eigenvalue weighted by molar-refractivity contribution is 9.10. The van der Waals surface area contributed by atoms with Gasteiger partial charge in [0, 0.05) is 16.1 Å². The van der Waals surface area contributed by atoms with Crippen molar-refractivity contribution in [2.75, 3.05) is 0 Å². The van der Waals surface area contributed by atoms with Crippen molar-refractivity contribution in [3.63, 3.8) is 0 Å². The van der Waals surface area contributed by atoms with Crippen molar-refractivity contribution < 1.29 is 9.53 Å². The summed E-state index contributed by atoms with van der Waals surface area (Å²) in [5.41, 5.74) is 0.233. The van der Waals surface area contributed by atoms with Crippen molar-refractivity contribution >= 4 is 32.9 Å². The summed E-state index contributed by atoms with van der Waals surface area (Å²) in [5, 5.41) is 5.06. The zero-order valence-corrected chi connectivity index (χ0v) is 11.5.